The number of nitrogens with one attached hydrogen (secondary N) is 2. The van der Waals surface area contributed by atoms with Crippen molar-refractivity contribution in [2.45, 2.75) is 13.5 Å². The number of ether oxygens (including phenoxy) is 1. The molecule has 0 aliphatic rings. The Balaban J connectivity index is 0.00000361. The minimum absolute atomic E-state index is 0. The third kappa shape index (κ3) is 7.39. The molecule has 0 aliphatic heterocycles. The van der Waals surface area contributed by atoms with Crippen LogP contribution >= 0.6 is 39.9 Å². The van der Waals surface area contributed by atoms with Gasteiger partial charge in [-0.1, -0.05) is 15.9 Å². The van der Waals surface area contributed by atoms with Gasteiger partial charge in [0.25, 0.3) is 0 Å². The molecule has 114 valence electrons. The third-order valence-electron chi connectivity index (χ3n) is 2.42. The van der Waals surface area contributed by atoms with Crippen molar-refractivity contribution in [1.82, 2.24) is 10.6 Å². The first-order valence-corrected chi connectivity index (χ1v) is 6.92. The Kier molecular flexibility index (Phi) is 11.0. The maximum absolute atomic E-state index is 13.1. The van der Waals surface area contributed by atoms with Crippen molar-refractivity contribution in [2.24, 2.45) is 4.99 Å². The number of rotatable bonds is 6. The Hall–Kier alpha value is -0.410. The van der Waals surface area contributed by atoms with Crippen molar-refractivity contribution in [1.29, 1.82) is 0 Å². The van der Waals surface area contributed by atoms with E-state index in [4.69, 9.17) is 4.74 Å². The summed E-state index contributed by atoms with van der Waals surface area (Å²) in [5.74, 6) is 0.412. The van der Waals surface area contributed by atoms with E-state index < -0.39 is 0 Å². The second kappa shape index (κ2) is 11.3. The molecule has 0 bridgehead atoms. The summed E-state index contributed by atoms with van der Waals surface area (Å²) in [5.41, 5.74) is 0.841. The predicted octanol–water partition coefficient (Wildman–Crippen LogP) is 2.91. The van der Waals surface area contributed by atoms with Crippen LogP contribution in [0.2, 0.25) is 0 Å². The van der Waals surface area contributed by atoms with Crippen LogP contribution in [0.5, 0.6) is 0 Å². The molecule has 0 spiro atoms. The van der Waals surface area contributed by atoms with Crippen molar-refractivity contribution in [2.75, 3.05) is 26.8 Å². The SMILES string of the molecule is CCOCCNC(=NC)NCc1cc(F)ccc1Br.I. The van der Waals surface area contributed by atoms with Crippen LogP contribution in [0.4, 0.5) is 4.39 Å². The Morgan fingerprint density at radius 3 is 2.80 bits per heavy atom. The second-order valence-electron chi connectivity index (χ2n) is 3.79. The molecule has 0 amide bonds. The van der Waals surface area contributed by atoms with Crippen LogP contribution in [0.25, 0.3) is 0 Å². The van der Waals surface area contributed by atoms with Crippen molar-refractivity contribution < 1.29 is 9.13 Å². The van der Waals surface area contributed by atoms with Crippen LogP contribution in [0, 0.1) is 5.82 Å². The van der Waals surface area contributed by atoms with Gasteiger partial charge in [-0.05, 0) is 30.7 Å². The predicted molar refractivity (Wildman–Crippen MR) is 94.2 cm³/mol. The number of hydrogen-bond donors (Lipinski definition) is 2. The fourth-order valence-corrected chi connectivity index (χ4v) is 1.85. The first kappa shape index (κ1) is 19.6. The van der Waals surface area contributed by atoms with E-state index >= 15 is 0 Å². The highest BCUT2D eigenvalue weighted by molar-refractivity contribution is 14.0. The minimum Gasteiger partial charge on any atom is -0.380 e. The van der Waals surface area contributed by atoms with E-state index in [9.17, 15) is 4.39 Å². The number of halogens is 3. The number of benzene rings is 1. The molecule has 0 unspecified atom stereocenters. The molecule has 1 aromatic rings. The molecule has 20 heavy (non-hydrogen) atoms. The lowest BCUT2D eigenvalue weighted by Crippen LogP contribution is -2.38. The average molecular weight is 460 g/mol. The Morgan fingerprint density at radius 2 is 2.15 bits per heavy atom. The Bertz CT molecular complexity index is 432. The van der Waals surface area contributed by atoms with Crippen LogP contribution < -0.4 is 10.6 Å². The van der Waals surface area contributed by atoms with E-state index in [1.54, 1.807) is 13.1 Å². The molecule has 0 aromatic heterocycles. The third-order valence-corrected chi connectivity index (χ3v) is 3.19. The first-order valence-electron chi connectivity index (χ1n) is 6.13. The van der Waals surface area contributed by atoms with E-state index in [0.717, 1.165) is 10.0 Å². The highest BCUT2D eigenvalue weighted by atomic mass is 127. The molecule has 0 radical (unpaired) electrons. The van der Waals surface area contributed by atoms with Gasteiger partial charge in [-0.25, -0.2) is 4.39 Å². The maximum Gasteiger partial charge on any atom is 0.191 e. The fourth-order valence-electron chi connectivity index (χ4n) is 1.46. The minimum atomic E-state index is -0.251. The van der Waals surface area contributed by atoms with E-state index in [0.29, 0.717) is 32.3 Å². The van der Waals surface area contributed by atoms with Crippen LogP contribution in [0.15, 0.2) is 27.7 Å². The van der Waals surface area contributed by atoms with E-state index in [1.807, 2.05) is 6.92 Å². The summed E-state index contributed by atoms with van der Waals surface area (Å²) in [6, 6.07) is 4.60. The van der Waals surface area contributed by atoms with Crippen LogP contribution in [0.1, 0.15) is 12.5 Å². The summed E-state index contributed by atoms with van der Waals surface area (Å²) in [6.07, 6.45) is 0. The maximum atomic E-state index is 13.1. The zero-order chi connectivity index (χ0) is 14.1. The second-order valence-corrected chi connectivity index (χ2v) is 4.64. The van der Waals surface area contributed by atoms with E-state index in [2.05, 4.69) is 31.6 Å². The molecule has 7 heteroatoms. The molecule has 2 N–H and O–H groups in total. The molecular formula is C13H20BrFIN3O. The highest BCUT2D eigenvalue weighted by Gasteiger charge is 2.03. The van der Waals surface area contributed by atoms with Gasteiger partial charge in [-0.3, -0.25) is 4.99 Å². The number of aliphatic imine (C=N–C) groups is 1. The van der Waals surface area contributed by atoms with Gasteiger partial charge in [0.05, 0.1) is 6.61 Å². The van der Waals surface area contributed by atoms with Crippen molar-refractivity contribution in [3.63, 3.8) is 0 Å². The Labute approximate surface area is 144 Å². The van der Waals surface area contributed by atoms with Crippen LogP contribution in [-0.2, 0) is 11.3 Å². The molecular weight excluding hydrogens is 440 g/mol. The van der Waals surface area contributed by atoms with Gasteiger partial charge < -0.3 is 15.4 Å². The highest BCUT2D eigenvalue weighted by Crippen LogP contribution is 2.17. The Morgan fingerprint density at radius 1 is 1.40 bits per heavy atom. The lowest BCUT2D eigenvalue weighted by atomic mass is 10.2. The zero-order valence-electron chi connectivity index (χ0n) is 11.6. The van der Waals surface area contributed by atoms with Gasteiger partial charge in [-0.15, -0.1) is 24.0 Å². The summed E-state index contributed by atoms with van der Waals surface area (Å²) in [6.45, 7) is 4.45. The summed E-state index contributed by atoms with van der Waals surface area (Å²) in [4.78, 5) is 4.08. The zero-order valence-corrected chi connectivity index (χ0v) is 15.5. The van der Waals surface area contributed by atoms with Crippen molar-refractivity contribution in [3.05, 3.63) is 34.1 Å². The van der Waals surface area contributed by atoms with Crippen LogP contribution in [-0.4, -0.2) is 32.8 Å². The molecule has 4 nitrogen and oxygen atoms in total. The molecule has 0 fully saturated rings. The van der Waals surface area contributed by atoms with Crippen LogP contribution in [0.3, 0.4) is 0 Å². The number of guanidine groups is 1. The van der Waals surface area contributed by atoms with Gasteiger partial charge in [-0.2, -0.15) is 0 Å². The van der Waals surface area contributed by atoms with Gasteiger partial charge in [0.2, 0.25) is 0 Å². The topological polar surface area (TPSA) is 45.6 Å². The lowest BCUT2D eigenvalue weighted by Gasteiger charge is -2.12. The summed E-state index contributed by atoms with van der Waals surface area (Å²) < 4.78 is 19.2. The normalized spacial score (nSPS) is 10.9. The summed E-state index contributed by atoms with van der Waals surface area (Å²) in [7, 11) is 1.69. The molecule has 1 aromatic carbocycles. The van der Waals surface area contributed by atoms with Gasteiger partial charge in [0, 0.05) is 31.2 Å². The standard InChI is InChI=1S/C13H19BrFN3O.HI/c1-3-19-7-6-17-13(16-2)18-9-10-8-11(15)4-5-12(10)14;/h4-5,8H,3,6-7,9H2,1-2H3,(H2,16,17,18);1H. The monoisotopic (exact) mass is 459 g/mol. The molecule has 0 heterocycles. The van der Waals surface area contributed by atoms with Gasteiger partial charge in [0.1, 0.15) is 5.82 Å². The lowest BCUT2D eigenvalue weighted by molar-refractivity contribution is 0.152. The largest absolute Gasteiger partial charge is 0.380 e. The summed E-state index contributed by atoms with van der Waals surface area (Å²) in [5, 5.41) is 6.23. The fraction of sp³-hybridized carbons (Fsp3) is 0.462. The van der Waals surface area contributed by atoms with E-state index in [1.165, 1.54) is 12.1 Å². The average Bonchev–Trinajstić information content (AvgIpc) is 2.41. The van der Waals surface area contributed by atoms with Gasteiger partial charge >= 0.3 is 0 Å². The van der Waals surface area contributed by atoms with Crippen molar-refractivity contribution >= 4 is 45.9 Å². The molecule has 0 saturated heterocycles. The molecule has 0 aliphatic carbocycles. The van der Waals surface area contributed by atoms with E-state index in [-0.39, 0.29) is 29.8 Å². The van der Waals surface area contributed by atoms with Crippen molar-refractivity contribution in [3.8, 4) is 0 Å². The quantitative estimate of drug-likeness (QED) is 0.297. The summed E-state index contributed by atoms with van der Waals surface area (Å²) >= 11 is 3.39. The number of hydrogen-bond acceptors (Lipinski definition) is 2. The number of nitrogens with zero attached hydrogens (tertiary/aromatic N) is 1. The molecule has 0 saturated carbocycles. The van der Waals surface area contributed by atoms with Gasteiger partial charge in [0.15, 0.2) is 5.96 Å². The smallest absolute Gasteiger partial charge is 0.191 e. The molecule has 1 rings (SSSR count). The first-order chi connectivity index (χ1) is 9.17. The molecule has 0 atom stereocenters.